The molecule has 1 aliphatic heterocycles. The largest absolute Gasteiger partial charge is 0.506 e. The number of phenols is 1. The molecule has 2 saturated carbocycles. The summed E-state index contributed by atoms with van der Waals surface area (Å²) in [6, 6.07) is 3.39. The Labute approximate surface area is 161 Å². The van der Waals surface area contributed by atoms with Crippen molar-refractivity contribution in [1.29, 1.82) is 0 Å². The van der Waals surface area contributed by atoms with Crippen molar-refractivity contribution in [3.8, 4) is 5.75 Å². The minimum Gasteiger partial charge on any atom is -0.506 e. The third-order valence-corrected chi connectivity index (χ3v) is 7.26. The first-order valence-electron chi connectivity index (χ1n) is 8.22. The van der Waals surface area contributed by atoms with Crippen molar-refractivity contribution in [2.45, 2.75) is 12.8 Å². The lowest BCUT2D eigenvalue weighted by atomic mass is 9.85. The molecule has 2 amide bonds. The summed E-state index contributed by atoms with van der Waals surface area (Å²) in [4.78, 5) is 25.6. The molecule has 25 heavy (non-hydrogen) atoms. The summed E-state index contributed by atoms with van der Waals surface area (Å²) >= 11 is 6.61. The first-order valence-corrected chi connectivity index (χ1v) is 9.81. The molecule has 4 aliphatic rings. The van der Waals surface area contributed by atoms with Crippen molar-refractivity contribution in [3.63, 3.8) is 0 Å². The van der Waals surface area contributed by atoms with Crippen LogP contribution in [0.5, 0.6) is 5.75 Å². The summed E-state index contributed by atoms with van der Waals surface area (Å²) < 4.78 is 1.27. The fourth-order valence-corrected chi connectivity index (χ4v) is 6.24. The van der Waals surface area contributed by atoms with Crippen LogP contribution in [-0.2, 0) is 9.59 Å². The number of hydrazone groups is 1. The van der Waals surface area contributed by atoms with E-state index in [0.717, 1.165) is 22.3 Å². The Morgan fingerprint density at radius 1 is 1.12 bits per heavy atom. The van der Waals surface area contributed by atoms with Gasteiger partial charge >= 0.3 is 0 Å². The molecule has 1 heterocycles. The predicted octanol–water partition coefficient (Wildman–Crippen LogP) is 3.45. The second kappa shape index (κ2) is 5.04. The average molecular weight is 466 g/mol. The van der Waals surface area contributed by atoms with Gasteiger partial charge in [-0.3, -0.25) is 9.59 Å². The fraction of sp³-hybridized carbons (Fsp3) is 0.389. The SMILES string of the molecule is O=C1[C@@H]2[C@@H](C(=O)N1/N=C\c1cc(Br)cc(Br)c1O)[C@H]1C=C[C@H]2C12CC2. The lowest BCUT2D eigenvalue weighted by Gasteiger charge is -2.18. The highest BCUT2D eigenvalue weighted by Gasteiger charge is 2.73. The second-order valence-corrected chi connectivity index (χ2v) is 9.05. The Balaban J connectivity index is 1.46. The van der Waals surface area contributed by atoms with Crippen LogP contribution in [0.1, 0.15) is 18.4 Å². The lowest BCUT2D eigenvalue weighted by Crippen LogP contribution is -2.30. The monoisotopic (exact) mass is 464 g/mol. The van der Waals surface area contributed by atoms with Crippen LogP contribution in [0.15, 0.2) is 38.3 Å². The maximum Gasteiger partial charge on any atom is 0.254 e. The highest BCUT2D eigenvalue weighted by atomic mass is 79.9. The van der Waals surface area contributed by atoms with Gasteiger partial charge in [0.15, 0.2) is 0 Å². The van der Waals surface area contributed by atoms with E-state index in [1.165, 1.54) is 6.21 Å². The highest BCUT2D eigenvalue weighted by Crippen LogP contribution is 2.73. The topological polar surface area (TPSA) is 70.0 Å². The maximum atomic E-state index is 12.8. The highest BCUT2D eigenvalue weighted by molar-refractivity contribution is 9.11. The summed E-state index contributed by atoms with van der Waals surface area (Å²) in [5, 5.41) is 15.2. The third kappa shape index (κ3) is 1.96. The number of amides is 2. The van der Waals surface area contributed by atoms with E-state index >= 15 is 0 Å². The van der Waals surface area contributed by atoms with E-state index in [1.54, 1.807) is 12.1 Å². The van der Waals surface area contributed by atoms with Crippen molar-refractivity contribution in [2.24, 2.45) is 34.2 Å². The molecule has 128 valence electrons. The molecule has 0 radical (unpaired) electrons. The first-order chi connectivity index (χ1) is 11.9. The van der Waals surface area contributed by atoms with Gasteiger partial charge in [0.1, 0.15) is 5.75 Å². The van der Waals surface area contributed by atoms with Crippen molar-refractivity contribution in [1.82, 2.24) is 5.01 Å². The van der Waals surface area contributed by atoms with Gasteiger partial charge in [0.05, 0.1) is 22.5 Å². The molecule has 4 atom stereocenters. The number of halogens is 2. The molecule has 0 unspecified atom stereocenters. The smallest absolute Gasteiger partial charge is 0.254 e. The molecule has 1 N–H and O–H groups in total. The first kappa shape index (κ1) is 15.8. The van der Waals surface area contributed by atoms with Gasteiger partial charge in [-0.05, 0) is 58.2 Å². The zero-order valence-electron chi connectivity index (χ0n) is 13.0. The number of fused-ring (bicyclic) bond motifs is 3. The molecule has 1 saturated heterocycles. The minimum atomic E-state index is -0.259. The van der Waals surface area contributed by atoms with Crippen molar-refractivity contribution >= 4 is 49.9 Å². The Bertz CT molecular complexity index is 857. The van der Waals surface area contributed by atoms with Crippen molar-refractivity contribution in [2.75, 3.05) is 0 Å². The van der Waals surface area contributed by atoms with Gasteiger partial charge in [0, 0.05) is 10.0 Å². The second-order valence-electron chi connectivity index (χ2n) is 7.28. The molecule has 1 spiro atoms. The number of phenolic OH excluding ortho intramolecular Hbond substituents is 1. The van der Waals surface area contributed by atoms with Crippen LogP contribution in [0, 0.1) is 29.1 Å². The summed E-state index contributed by atoms with van der Waals surface area (Å²) in [7, 11) is 0. The van der Waals surface area contributed by atoms with Gasteiger partial charge in [-0.2, -0.15) is 10.1 Å². The van der Waals surface area contributed by atoms with Gasteiger partial charge in [-0.25, -0.2) is 0 Å². The van der Waals surface area contributed by atoms with Gasteiger partial charge in [-0.15, -0.1) is 0 Å². The van der Waals surface area contributed by atoms with E-state index < -0.39 is 0 Å². The van der Waals surface area contributed by atoms with E-state index in [0.29, 0.717) is 10.0 Å². The maximum absolute atomic E-state index is 12.8. The van der Waals surface area contributed by atoms with Crippen LogP contribution in [0.4, 0.5) is 0 Å². The summed E-state index contributed by atoms with van der Waals surface area (Å²) in [6.07, 6.45) is 7.87. The fourth-order valence-electron chi connectivity index (χ4n) is 4.98. The summed E-state index contributed by atoms with van der Waals surface area (Å²) in [6.45, 7) is 0. The average Bonchev–Trinajstić information content (AvgIpc) is 3.17. The quantitative estimate of drug-likeness (QED) is 0.413. The predicted molar refractivity (Wildman–Crippen MR) is 97.7 cm³/mol. The van der Waals surface area contributed by atoms with Gasteiger partial charge in [0.2, 0.25) is 0 Å². The minimum absolute atomic E-state index is 0.0184. The van der Waals surface area contributed by atoms with E-state index in [2.05, 4.69) is 49.1 Å². The number of aromatic hydroxyl groups is 1. The molecular formula is C18H14Br2N2O3. The molecule has 1 aromatic rings. The summed E-state index contributed by atoms with van der Waals surface area (Å²) in [5.41, 5.74) is 0.614. The molecule has 3 aliphatic carbocycles. The Morgan fingerprint density at radius 2 is 1.72 bits per heavy atom. The molecular weight excluding hydrogens is 452 g/mol. The van der Waals surface area contributed by atoms with E-state index in [1.807, 2.05) is 0 Å². The van der Waals surface area contributed by atoms with Crippen LogP contribution in [-0.4, -0.2) is 28.1 Å². The number of allylic oxidation sites excluding steroid dienone is 2. The Morgan fingerprint density at radius 3 is 2.28 bits per heavy atom. The van der Waals surface area contributed by atoms with Gasteiger partial charge < -0.3 is 5.11 Å². The number of rotatable bonds is 2. The number of hydrogen-bond acceptors (Lipinski definition) is 4. The molecule has 7 heteroatoms. The lowest BCUT2D eigenvalue weighted by molar-refractivity contribution is -0.141. The standard InChI is InChI=1S/C18H14Br2N2O3/c19-9-5-8(15(23)12(20)6-9)7-21-22-16(24)13-10-1-2-11(14(13)17(22)25)18(10)3-4-18/h1-2,5-7,10-11,13-14,23H,3-4H2/b21-7-/t10-,11-,13+,14+/m1/s1. The normalized spacial score (nSPS) is 33.9. The number of nitrogens with zero attached hydrogens (tertiary/aromatic N) is 2. The number of carbonyl (C=O) groups excluding carboxylic acids is 2. The number of benzene rings is 1. The molecule has 1 aromatic carbocycles. The van der Waals surface area contributed by atoms with Crippen LogP contribution >= 0.6 is 31.9 Å². The van der Waals surface area contributed by atoms with Crippen molar-refractivity contribution < 1.29 is 14.7 Å². The van der Waals surface area contributed by atoms with E-state index in [4.69, 9.17) is 0 Å². The molecule has 5 nitrogen and oxygen atoms in total. The number of hydrogen-bond donors (Lipinski definition) is 1. The Hall–Kier alpha value is -1.47. The third-order valence-electron chi connectivity index (χ3n) is 6.20. The zero-order valence-corrected chi connectivity index (χ0v) is 16.2. The molecule has 0 aromatic heterocycles. The zero-order chi connectivity index (χ0) is 17.5. The van der Waals surface area contributed by atoms with Crippen LogP contribution in [0.3, 0.4) is 0 Å². The summed E-state index contributed by atoms with van der Waals surface area (Å²) in [5.74, 6) is -0.536. The Kier molecular flexibility index (Phi) is 3.18. The van der Waals surface area contributed by atoms with E-state index in [9.17, 15) is 14.7 Å². The number of imide groups is 1. The van der Waals surface area contributed by atoms with Crippen LogP contribution in [0.25, 0.3) is 0 Å². The van der Waals surface area contributed by atoms with E-state index in [-0.39, 0.29) is 46.7 Å². The number of carbonyl (C=O) groups is 2. The molecule has 5 rings (SSSR count). The van der Waals surface area contributed by atoms with Crippen LogP contribution in [0.2, 0.25) is 0 Å². The van der Waals surface area contributed by atoms with Gasteiger partial charge in [-0.1, -0.05) is 28.1 Å². The molecule has 3 fully saturated rings. The van der Waals surface area contributed by atoms with Crippen molar-refractivity contribution in [3.05, 3.63) is 38.8 Å². The van der Waals surface area contributed by atoms with Gasteiger partial charge in [0.25, 0.3) is 11.8 Å². The molecule has 2 bridgehead atoms. The van der Waals surface area contributed by atoms with Crippen LogP contribution < -0.4 is 0 Å².